The second-order valence-corrected chi connectivity index (χ2v) is 2.67. The highest BCUT2D eigenvalue weighted by molar-refractivity contribution is 5.03. The Hall–Kier alpha value is -0.640. The van der Waals surface area contributed by atoms with Crippen molar-refractivity contribution in [2.24, 2.45) is 0 Å². The fourth-order valence-corrected chi connectivity index (χ4v) is 1.04. The molecule has 68 valence electrons. The smallest absolute Gasteiger partial charge is 0.147 e. The average Bonchev–Trinajstić information content (AvgIpc) is 2.45. The predicted octanol–water partition coefficient (Wildman–Crippen LogP) is 0.852. The lowest BCUT2D eigenvalue weighted by molar-refractivity contribution is -0.0709. The van der Waals surface area contributed by atoms with Crippen molar-refractivity contribution in [2.45, 2.75) is 18.6 Å². The second kappa shape index (κ2) is 5.09. The van der Waals surface area contributed by atoms with Crippen molar-refractivity contribution in [1.82, 2.24) is 0 Å². The van der Waals surface area contributed by atoms with E-state index in [1.807, 2.05) is 6.08 Å². The molecule has 0 spiro atoms. The topological polar surface area (TPSA) is 38.7 Å². The standard InChI is InChI=1S/C9H14O3/c1-2-5-11-7-12-9-4-3-8(10)6-9/h2-4,8-10H,1,5-7H2/t8-,9+/m0/s1. The van der Waals surface area contributed by atoms with Gasteiger partial charge in [0.25, 0.3) is 0 Å². The molecule has 0 aliphatic heterocycles. The van der Waals surface area contributed by atoms with Crippen LogP contribution >= 0.6 is 0 Å². The number of hydrogen-bond donors (Lipinski definition) is 1. The molecule has 1 aliphatic rings. The first-order valence-corrected chi connectivity index (χ1v) is 3.99. The Balaban J connectivity index is 2.01. The molecule has 0 bridgehead atoms. The van der Waals surface area contributed by atoms with Gasteiger partial charge >= 0.3 is 0 Å². The maximum Gasteiger partial charge on any atom is 0.147 e. The predicted molar refractivity (Wildman–Crippen MR) is 45.7 cm³/mol. The average molecular weight is 170 g/mol. The van der Waals surface area contributed by atoms with Crippen LogP contribution in [0.2, 0.25) is 0 Å². The van der Waals surface area contributed by atoms with Crippen LogP contribution in [-0.4, -0.2) is 30.7 Å². The summed E-state index contributed by atoms with van der Waals surface area (Å²) in [4.78, 5) is 0. The van der Waals surface area contributed by atoms with Crippen LogP contribution in [0.1, 0.15) is 6.42 Å². The molecule has 3 nitrogen and oxygen atoms in total. The van der Waals surface area contributed by atoms with E-state index in [0.29, 0.717) is 13.0 Å². The Kier molecular flexibility index (Phi) is 4.00. The third-order valence-electron chi connectivity index (χ3n) is 1.62. The van der Waals surface area contributed by atoms with Gasteiger partial charge in [0.2, 0.25) is 0 Å². The van der Waals surface area contributed by atoms with E-state index in [9.17, 15) is 0 Å². The maximum atomic E-state index is 9.08. The summed E-state index contributed by atoms with van der Waals surface area (Å²) < 4.78 is 10.3. The van der Waals surface area contributed by atoms with Gasteiger partial charge in [-0.2, -0.15) is 0 Å². The number of aliphatic hydroxyl groups excluding tert-OH is 1. The Labute approximate surface area is 72.3 Å². The van der Waals surface area contributed by atoms with Crippen molar-refractivity contribution in [2.75, 3.05) is 13.4 Å². The summed E-state index contributed by atoms with van der Waals surface area (Å²) in [5.74, 6) is 0. The summed E-state index contributed by atoms with van der Waals surface area (Å²) in [6.07, 6.45) is 5.54. The summed E-state index contributed by atoms with van der Waals surface area (Å²) in [6.45, 7) is 4.26. The molecule has 0 radical (unpaired) electrons. The first-order valence-electron chi connectivity index (χ1n) is 3.99. The zero-order valence-corrected chi connectivity index (χ0v) is 6.98. The lowest BCUT2D eigenvalue weighted by atomic mass is 10.3. The highest BCUT2D eigenvalue weighted by Crippen LogP contribution is 2.13. The van der Waals surface area contributed by atoms with E-state index >= 15 is 0 Å². The van der Waals surface area contributed by atoms with Crippen LogP contribution in [-0.2, 0) is 9.47 Å². The number of ether oxygens (including phenoxy) is 2. The lowest BCUT2D eigenvalue weighted by Crippen LogP contribution is -2.13. The zero-order valence-electron chi connectivity index (χ0n) is 6.98. The summed E-state index contributed by atoms with van der Waals surface area (Å²) in [7, 11) is 0. The van der Waals surface area contributed by atoms with Crippen LogP contribution in [0.5, 0.6) is 0 Å². The van der Waals surface area contributed by atoms with Gasteiger partial charge in [0.15, 0.2) is 0 Å². The second-order valence-electron chi connectivity index (χ2n) is 2.67. The molecule has 0 aromatic rings. The van der Waals surface area contributed by atoms with Gasteiger partial charge in [-0.1, -0.05) is 18.2 Å². The molecular formula is C9H14O3. The minimum atomic E-state index is -0.352. The SMILES string of the molecule is C=CCOCO[C@@H]1C=C[C@H](O)C1. The molecule has 0 unspecified atom stereocenters. The molecule has 3 heteroatoms. The van der Waals surface area contributed by atoms with Gasteiger partial charge in [0.05, 0.1) is 18.8 Å². The molecule has 0 aromatic heterocycles. The molecule has 0 saturated carbocycles. The monoisotopic (exact) mass is 170 g/mol. The van der Waals surface area contributed by atoms with Crippen molar-refractivity contribution in [3.8, 4) is 0 Å². The molecule has 0 fully saturated rings. The van der Waals surface area contributed by atoms with Gasteiger partial charge in [0, 0.05) is 6.42 Å². The highest BCUT2D eigenvalue weighted by atomic mass is 16.7. The normalized spacial score (nSPS) is 27.8. The number of hydrogen-bond acceptors (Lipinski definition) is 3. The highest BCUT2D eigenvalue weighted by Gasteiger charge is 2.16. The third-order valence-corrected chi connectivity index (χ3v) is 1.62. The Morgan fingerprint density at radius 1 is 1.58 bits per heavy atom. The van der Waals surface area contributed by atoms with Crippen molar-refractivity contribution in [3.63, 3.8) is 0 Å². The molecule has 12 heavy (non-hydrogen) atoms. The first-order chi connectivity index (χ1) is 5.83. The van der Waals surface area contributed by atoms with Crippen LogP contribution in [0.25, 0.3) is 0 Å². The van der Waals surface area contributed by atoms with E-state index in [2.05, 4.69) is 6.58 Å². The Morgan fingerprint density at radius 3 is 3.00 bits per heavy atom. The molecule has 1 rings (SSSR count). The molecular weight excluding hydrogens is 156 g/mol. The van der Waals surface area contributed by atoms with E-state index in [4.69, 9.17) is 14.6 Å². The zero-order chi connectivity index (χ0) is 8.81. The summed E-state index contributed by atoms with van der Waals surface area (Å²) in [6, 6.07) is 0. The fourth-order valence-electron chi connectivity index (χ4n) is 1.04. The third kappa shape index (κ3) is 3.17. The molecule has 0 saturated heterocycles. The summed E-state index contributed by atoms with van der Waals surface area (Å²) in [5, 5.41) is 9.08. The van der Waals surface area contributed by atoms with Crippen LogP contribution in [0.15, 0.2) is 24.8 Å². The molecule has 2 atom stereocenters. The Morgan fingerprint density at radius 2 is 2.42 bits per heavy atom. The molecule has 1 aliphatic carbocycles. The van der Waals surface area contributed by atoms with Crippen LogP contribution in [0, 0.1) is 0 Å². The van der Waals surface area contributed by atoms with Crippen molar-refractivity contribution < 1.29 is 14.6 Å². The molecule has 1 N–H and O–H groups in total. The van der Waals surface area contributed by atoms with Crippen LogP contribution in [0.4, 0.5) is 0 Å². The van der Waals surface area contributed by atoms with E-state index < -0.39 is 0 Å². The van der Waals surface area contributed by atoms with E-state index in [1.54, 1.807) is 12.2 Å². The molecule has 0 heterocycles. The first kappa shape index (κ1) is 9.45. The minimum Gasteiger partial charge on any atom is -0.389 e. The van der Waals surface area contributed by atoms with Crippen molar-refractivity contribution in [1.29, 1.82) is 0 Å². The van der Waals surface area contributed by atoms with Crippen LogP contribution in [0.3, 0.4) is 0 Å². The lowest BCUT2D eigenvalue weighted by Gasteiger charge is -2.09. The van der Waals surface area contributed by atoms with Gasteiger partial charge in [-0.25, -0.2) is 0 Å². The van der Waals surface area contributed by atoms with E-state index in [0.717, 1.165) is 0 Å². The molecule has 0 amide bonds. The van der Waals surface area contributed by atoms with Crippen molar-refractivity contribution in [3.05, 3.63) is 24.8 Å². The van der Waals surface area contributed by atoms with Crippen molar-refractivity contribution >= 4 is 0 Å². The van der Waals surface area contributed by atoms with Gasteiger partial charge in [0.1, 0.15) is 6.79 Å². The quantitative estimate of drug-likeness (QED) is 0.377. The Bertz CT molecular complexity index is 165. The van der Waals surface area contributed by atoms with E-state index in [1.165, 1.54) is 0 Å². The maximum absolute atomic E-state index is 9.08. The van der Waals surface area contributed by atoms with Gasteiger partial charge < -0.3 is 14.6 Å². The largest absolute Gasteiger partial charge is 0.389 e. The van der Waals surface area contributed by atoms with Gasteiger partial charge in [-0.15, -0.1) is 6.58 Å². The summed E-state index contributed by atoms with van der Waals surface area (Å²) in [5.41, 5.74) is 0. The van der Waals surface area contributed by atoms with E-state index in [-0.39, 0.29) is 19.0 Å². The van der Waals surface area contributed by atoms with Gasteiger partial charge in [-0.3, -0.25) is 0 Å². The molecule has 0 aromatic carbocycles. The summed E-state index contributed by atoms with van der Waals surface area (Å²) >= 11 is 0. The van der Waals surface area contributed by atoms with Gasteiger partial charge in [-0.05, 0) is 0 Å². The fraction of sp³-hybridized carbons (Fsp3) is 0.556. The number of aliphatic hydroxyl groups is 1. The van der Waals surface area contributed by atoms with Crippen LogP contribution < -0.4 is 0 Å². The number of rotatable bonds is 5. The minimum absolute atomic E-state index is 0.00446.